The van der Waals surface area contributed by atoms with Crippen molar-refractivity contribution in [1.82, 2.24) is 0 Å². The van der Waals surface area contributed by atoms with Gasteiger partial charge in [-0.05, 0) is 51.5 Å². The number of benzene rings is 1. The van der Waals surface area contributed by atoms with Gasteiger partial charge in [-0.25, -0.2) is 0 Å². The van der Waals surface area contributed by atoms with Crippen molar-refractivity contribution in [3.8, 4) is 0 Å². The molecule has 0 bridgehead atoms. The van der Waals surface area contributed by atoms with E-state index in [-0.39, 0.29) is 18.5 Å². The fourth-order valence-electron chi connectivity index (χ4n) is 5.40. The van der Waals surface area contributed by atoms with Crippen LogP contribution in [0, 0.1) is 11.8 Å². The van der Waals surface area contributed by atoms with Gasteiger partial charge >= 0.3 is 0 Å². The number of fused-ring (bicyclic) bond motifs is 5. The van der Waals surface area contributed by atoms with E-state index in [1.807, 2.05) is 19.9 Å². The van der Waals surface area contributed by atoms with Gasteiger partial charge < -0.3 is 18.9 Å². The van der Waals surface area contributed by atoms with Crippen LogP contribution in [-0.2, 0) is 25.6 Å². The highest BCUT2D eigenvalue weighted by Gasteiger charge is 2.69. The molecule has 150 valence electrons. The van der Waals surface area contributed by atoms with Crippen LogP contribution < -0.4 is 0 Å². The third-order valence-electron chi connectivity index (χ3n) is 6.61. The molecule has 0 aromatic heterocycles. The van der Waals surface area contributed by atoms with Gasteiger partial charge in [0.25, 0.3) is 0 Å². The minimum absolute atomic E-state index is 0.0503. The summed E-state index contributed by atoms with van der Waals surface area (Å²) >= 11 is 0. The van der Waals surface area contributed by atoms with Crippen LogP contribution in [-0.4, -0.2) is 29.9 Å². The van der Waals surface area contributed by atoms with Gasteiger partial charge in [0, 0.05) is 5.92 Å². The summed E-state index contributed by atoms with van der Waals surface area (Å²) < 4.78 is 25.6. The lowest BCUT2D eigenvalue weighted by Crippen LogP contribution is -2.49. The van der Waals surface area contributed by atoms with Crippen molar-refractivity contribution in [3.63, 3.8) is 0 Å². The van der Waals surface area contributed by atoms with Crippen molar-refractivity contribution in [2.45, 2.75) is 76.5 Å². The SMILES string of the molecule is C/C1=C/[C@@H]2C[C@@]3(OCc4ccccc4)[C@H](O[C@@H]4OC(C)(C)O[C@@H]43)[C@@H]2/C=C\CC1. The molecule has 3 fully saturated rings. The van der Waals surface area contributed by atoms with Crippen LogP contribution in [0.3, 0.4) is 0 Å². The summed E-state index contributed by atoms with van der Waals surface area (Å²) in [5.74, 6) is 0.0598. The highest BCUT2D eigenvalue weighted by atomic mass is 16.8. The molecule has 2 aliphatic heterocycles. The van der Waals surface area contributed by atoms with Crippen molar-refractivity contribution in [1.29, 1.82) is 0 Å². The van der Waals surface area contributed by atoms with Crippen molar-refractivity contribution in [2.75, 3.05) is 0 Å². The number of rotatable bonds is 3. The molecule has 4 nitrogen and oxygen atoms in total. The molecule has 1 aromatic rings. The number of ether oxygens (including phenoxy) is 4. The van der Waals surface area contributed by atoms with E-state index in [2.05, 4.69) is 49.4 Å². The first-order valence-corrected chi connectivity index (χ1v) is 10.5. The summed E-state index contributed by atoms with van der Waals surface area (Å²) in [5, 5.41) is 0. The third-order valence-corrected chi connectivity index (χ3v) is 6.61. The molecular weight excluding hydrogens is 352 g/mol. The molecular formula is C24H30O4. The Bertz CT molecular complexity index is 783. The van der Waals surface area contributed by atoms with Crippen molar-refractivity contribution >= 4 is 0 Å². The van der Waals surface area contributed by atoms with E-state index in [1.165, 1.54) is 11.1 Å². The van der Waals surface area contributed by atoms with Gasteiger partial charge in [0.05, 0.1) is 12.7 Å². The molecule has 28 heavy (non-hydrogen) atoms. The quantitative estimate of drug-likeness (QED) is 0.707. The van der Waals surface area contributed by atoms with Gasteiger partial charge in [0.15, 0.2) is 12.1 Å². The first-order valence-electron chi connectivity index (χ1n) is 10.5. The predicted molar refractivity (Wildman–Crippen MR) is 106 cm³/mol. The minimum Gasteiger partial charge on any atom is -0.365 e. The first kappa shape index (κ1) is 18.6. The summed E-state index contributed by atoms with van der Waals surface area (Å²) in [6, 6.07) is 10.4. The molecule has 2 heterocycles. The topological polar surface area (TPSA) is 36.9 Å². The normalized spacial score (nSPS) is 44.0. The Balaban J connectivity index is 1.49. The second kappa shape index (κ2) is 6.81. The zero-order chi connectivity index (χ0) is 19.4. The average Bonchev–Trinajstić information content (AvgIpc) is 3.20. The molecule has 2 aliphatic carbocycles. The van der Waals surface area contributed by atoms with E-state index in [0.717, 1.165) is 19.3 Å². The Morgan fingerprint density at radius 2 is 1.93 bits per heavy atom. The summed E-state index contributed by atoms with van der Waals surface area (Å²) in [6.07, 6.45) is 9.60. The second-order valence-corrected chi connectivity index (χ2v) is 9.14. The number of allylic oxidation sites excluding steroid dienone is 3. The zero-order valence-corrected chi connectivity index (χ0v) is 17.0. The van der Waals surface area contributed by atoms with Crippen LogP contribution in [0.15, 0.2) is 54.1 Å². The molecule has 2 saturated heterocycles. The smallest absolute Gasteiger partial charge is 0.190 e. The fraction of sp³-hybridized carbons (Fsp3) is 0.583. The minimum atomic E-state index is -0.646. The van der Waals surface area contributed by atoms with E-state index < -0.39 is 11.4 Å². The van der Waals surface area contributed by atoms with E-state index >= 15 is 0 Å². The highest BCUT2D eigenvalue weighted by Crippen LogP contribution is 2.57. The van der Waals surface area contributed by atoms with Gasteiger partial charge in [-0.15, -0.1) is 0 Å². The van der Waals surface area contributed by atoms with E-state index in [9.17, 15) is 0 Å². The van der Waals surface area contributed by atoms with Gasteiger partial charge in [0.2, 0.25) is 0 Å². The van der Waals surface area contributed by atoms with Gasteiger partial charge in [-0.1, -0.05) is 54.1 Å². The van der Waals surface area contributed by atoms with Crippen LogP contribution in [0.4, 0.5) is 0 Å². The molecule has 5 rings (SSSR count). The molecule has 4 aliphatic rings. The lowest BCUT2D eigenvalue weighted by atomic mass is 9.89. The summed E-state index contributed by atoms with van der Waals surface area (Å²) in [5.41, 5.74) is 2.14. The largest absolute Gasteiger partial charge is 0.365 e. The summed E-state index contributed by atoms with van der Waals surface area (Å²) in [7, 11) is 0. The summed E-state index contributed by atoms with van der Waals surface area (Å²) in [4.78, 5) is 0. The van der Waals surface area contributed by atoms with Gasteiger partial charge in [0.1, 0.15) is 11.7 Å². The van der Waals surface area contributed by atoms with E-state index in [1.54, 1.807) is 0 Å². The predicted octanol–water partition coefficient (Wildman–Crippen LogP) is 4.75. The Labute approximate surface area is 167 Å². The lowest BCUT2D eigenvalue weighted by molar-refractivity contribution is -0.235. The summed E-state index contributed by atoms with van der Waals surface area (Å²) in [6.45, 7) is 6.70. The van der Waals surface area contributed by atoms with E-state index in [0.29, 0.717) is 18.4 Å². The first-order chi connectivity index (χ1) is 13.5. The molecule has 0 unspecified atom stereocenters. The molecule has 1 saturated carbocycles. The average molecular weight is 383 g/mol. The van der Waals surface area contributed by atoms with E-state index in [4.69, 9.17) is 18.9 Å². The lowest BCUT2D eigenvalue weighted by Gasteiger charge is -2.34. The zero-order valence-electron chi connectivity index (χ0n) is 17.0. The van der Waals surface area contributed by atoms with Crippen molar-refractivity contribution in [3.05, 3.63) is 59.7 Å². The van der Waals surface area contributed by atoms with Crippen molar-refractivity contribution in [2.24, 2.45) is 11.8 Å². The monoisotopic (exact) mass is 382 g/mol. The van der Waals surface area contributed by atoms with Gasteiger partial charge in [-0.2, -0.15) is 0 Å². The Morgan fingerprint density at radius 1 is 1.11 bits per heavy atom. The fourth-order valence-corrected chi connectivity index (χ4v) is 5.40. The maximum absolute atomic E-state index is 6.72. The number of hydrogen-bond acceptors (Lipinski definition) is 4. The highest BCUT2D eigenvalue weighted by molar-refractivity contribution is 5.24. The molecule has 0 radical (unpaired) electrons. The maximum Gasteiger partial charge on any atom is 0.190 e. The second-order valence-electron chi connectivity index (χ2n) is 9.14. The molecule has 6 atom stereocenters. The molecule has 0 N–H and O–H groups in total. The van der Waals surface area contributed by atoms with Crippen LogP contribution in [0.2, 0.25) is 0 Å². The Hall–Kier alpha value is -1.46. The van der Waals surface area contributed by atoms with Crippen molar-refractivity contribution < 1.29 is 18.9 Å². The number of hydrogen-bond donors (Lipinski definition) is 0. The molecule has 4 heteroatoms. The standard InChI is InChI=1S/C24H30O4/c1-16-9-7-8-12-19-18(13-16)14-24(25-15-17-10-5-4-6-11-17)20(19)26-22-21(24)27-23(2,3)28-22/h4-6,8,10-13,18-22H,7,9,14-15H2,1-3H3/b12-8-,16-13-/t18-,19-,20-,21+,22-,24-/m1/s1. The Kier molecular flexibility index (Phi) is 4.51. The molecule has 0 amide bonds. The van der Waals surface area contributed by atoms with Crippen LogP contribution >= 0.6 is 0 Å². The van der Waals surface area contributed by atoms with Crippen LogP contribution in [0.25, 0.3) is 0 Å². The van der Waals surface area contributed by atoms with Gasteiger partial charge in [-0.3, -0.25) is 0 Å². The van der Waals surface area contributed by atoms with Crippen LogP contribution in [0.1, 0.15) is 45.6 Å². The Morgan fingerprint density at radius 3 is 2.75 bits per heavy atom. The molecule has 0 spiro atoms. The maximum atomic E-state index is 6.72. The third kappa shape index (κ3) is 3.07. The van der Waals surface area contributed by atoms with Crippen LogP contribution in [0.5, 0.6) is 0 Å². The molecule has 1 aromatic carbocycles.